The minimum atomic E-state index is 0.670. The molecule has 0 saturated carbocycles. The molecule has 0 spiro atoms. The molecule has 0 N–H and O–H groups in total. The highest BCUT2D eigenvalue weighted by molar-refractivity contribution is 8.08. The van der Waals surface area contributed by atoms with E-state index in [-0.39, 0.29) is 0 Å². The Morgan fingerprint density at radius 3 is 2.11 bits per heavy atom. The number of benzene rings is 2. The maximum absolute atomic E-state index is 2.39. The van der Waals surface area contributed by atoms with Gasteiger partial charge in [0.05, 0.1) is 0 Å². The van der Waals surface area contributed by atoms with Crippen LogP contribution in [0.15, 0.2) is 66.7 Å². The highest BCUT2D eigenvalue weighted by atomic mass is 32.2. The van der Waals surface area contributed by atoms with Gasteiger partial charge >= 0.3 is 0 Å². The third-order valence-corrected chi connectivity index (χ3v) is 4.64. The largest absolute Gasteiger partial charge is 0.125 e. The number of hydrogen-bond acceptors (Lipinski definition) is 1. The van der Waals surface area contributed by atoms with Crippen LogP contribution < -0.4 is 0 Å². The van der Waals surface area contributed by atoms with E-state index in [4.69, 9.17) is 0 Å². The van der Waals surface area contributed by atoms with E-state index in [0.29, 0.717) is 5.92 Å². The van der Waals surface area contributed by atoms with E-state index < -0.39 is 0 Å². The quantitative estimate of drug-likeness (QED) is 0.729. The van der Waals surface area contributed by atoms with Gasteiger partial charge in [-0.3, -0.25) is 0 Å². The Balaban J connectivity index is 1.76. The van der Waals surface area contributed by atoms with Crippen molar-refractivity contribution in [3.63, 3.8) is 0 Å². The third-order valence-electron chi connectivity index (χ3n) is 3.36. The zero-order valence-corrected chi connectivity index (χ0v) is 11.1. The lowest BCUT2D eigenvalue weighted by Gasteiger charge is -2.22. The van der Waals surface area contributed by atoms with Gasteiger partial charge < -0.3 is 0 Å². The van der Waals surface area contributed by atoms with Crippen molar-refractivity contribution in [3.8, 4) is 0 Å². The van der Waals surface area contributed by atoms with Crippen LogP contribution in [0.4, 0.5) is 0 Å². The van der Waals surface area contributed by atoms with Crippen molar-refractivity contribution in [2.24, 2.45) is 0 Å². The first-order chi connectivity index (χ1) is 8.93. The Morgan fingerprint density at radius 1 is 0.833 bits per heavy atom. The van der Waals surface area contributed by atoms with Crippen molar-refractivity contribution in [3.05, 3.63) is 77.9 Å². The van der Waals surface area contributed by atoms with Gasteiger partial charge in [-0.05, 0) is 23.5 Å². The van der Waals surface area contributed by atoms with E-state index in [1.165, 1.54) is 21.8 Å². The van der Waals surface area contributed by atoms with Crippen molar-refractivity contribution in [1.82, 2.24) is 0 Å². The summed E-state index contributed by atoms with van der Waals surface area (Å²) >= 11 is 1.98. The molecule has 0 aromatic heterocycles. The van der Waals surface area contributed by atoms with Gasteiger partial charge in [-0.2, -0.15) is 0 Å². The van der Waals surface area contributed by atoms with Gasteiger partial charge in [-0.25, -0.2) is 0 Å². The standard InChI is InChI=1S/C17H16S/c1-3-7-14(8-4-1)16-11-12-17(18-13-16)15-9-5-2-6-10-15/h1-10,12,16H,11,13H2. The van der Waals surface area contributed by atoms with Crippen LogP contribution in [0.25, 0.3) is 4.91 Å². The molecular formula is C17H16S. The monoisotopic (exact) mass is 252 g/mol. The second-order valence-electron chi connectivity index (χ2n) is 4.59. The van der Waals surface area contributed by atoms with Crippen molar-refractivity contribution in [2.75, 3.05) is 5.75 Å². The summed E-state index contributed by atoms with van der Waals surface area (Å²) in [7, 11) is 0. The van der Waals surface area contributed by atoms with E-state index in [2.05, 4.69) is 66.7 Å². The molecule has 1 heterocycles. The molecule has 18 heavy (non-hydrogen) atoms. The van der Waals surface area contributed by atoms with E-state index in [9.17, 15) is 0 Å². The molecule has 1 unspecified atom stereocenters. The van der Waals surface area contributed by atoms with Crippen molar-refractivity contribution >= 4 is 16.7 Å². The summed E-state index contributed by atoms with van der Waals surface area (Å²) in [6.45, 7) is 0. The average molecular weight is 252 g/mol. The zero-order valence-electron chi connectivity index (χ0n) is 10.3. The van der Waals surface area contributed by atoms with Crippen LogP contribution >= 0.6 is 11.8 Å². The van der Waals surface area contributed by atoms with Crippen LogP contribution in [0, 0.1) is 0 Å². The molecule has 0 nitrogen and oxygen atoms in total. The fourth-order valence-electron chi connectivity index (χ4n) is 2.33. The molecule has 1 aliphatic rings. The van der Waals surface area contributed by atoms with Gasteiger partial charge in [-0.15, -0.1) is 11.8 Å². The van der Waals surface area contributed by atoms with Gasteiger partial charge in [0.2, 0.25) is 0 Å². The predicted molar refractivity (Wildman–Crippen MR) is 80.7 cm³/mol. The first-order valence-electron chi connectivity index (χ1n) is 6.37. The Bertz CT molecular complexity index is 528. The maximum Gasteiger partial charge on any atom is 0.0105 e. The zero-order chi connectivity index (χ0) is 12.2. The minimum absolute atomic E-state index is 0.670. The summed E-state index contributed by atoms with van der Waals surface area (Å²) in [5.74, 6) is 1.86. The maximum atomic E-state index is 2.39. The Kier molecular flexibility index (Phi) is 3.51. The van der Waals surface area contributed by atoms with Crippen molar-refractivity contribution in [1.29, 1.82) is 0 Å². The second kappa shape index (κ2) is 5.45. The lowest BCUT2D eigenvalue weighted by Crippen LogP contribution is -2.05. The molecule has 3 rings (SSSR count). The normalized spacial score (nSPS) is 19.3. The lowest BCUT2D eigenvalue weighted by atomic mass is 9.97. The molecule has 1 heteroatoms. The third kappa shape index (κ3) is 2.51. The van der Waals surface area contributed by atoms with Gasteiger partial charge in [0.15, 0.2) is 0 Å². The van der Waals surface area contributed by atoms with Crippen LogP contribution in [-0.4, -0.2) is 5.75 Å². The lowest BCUT2D eigenvalue weighted by molar-refractivity contribution is 0.790. The van der Waals surface area contributed by atoms with E-state index >= 15 is 0 Å². The molecule has 0 aliphatic carbocycles. The second-order valence-corrected chi connectivity index (χ2v) is 5.65. The fraction of sp³-hybridized carbons (Fsp3) is 0.176. The summed E-state index contributed by atoms with van der Waals surface area (Å²) < 4.78 is 0. The first-order valence-corrected chi connectivity index (χ1v) is 7.35. The fourth-order valence-corrected chi connectivity index (χ4v) is 3.55. The molecule has 1 atom stereocenters. The summed E-state index contributed by atoms with van der Waals surface area (Å²) in [6, 6.07) is 21.5. The number of allylic oxidation sites excluding steroid dienone is 1. The van der Waals surface area contributed by atoms with Crippen LogP contribution in [0.2, 0.25) is 0 Å². The molecule has 0 saturated heterocycles. The molecule has 0 fully saturated rings. The van der Waals surface area contributed by atoms with Crippen LogP contribution in [0.1, 0.15) is 23.5 Å². The van der Waals surface area contributed by atoms with Gasteiger partial charge in [0.1, 0.15) is 0 Å². The summed E-state index contributed by atoms with van der Waals surface area (Å²) in [5.41, 5.74) is 2.82. The first kappa shape index (κ1) is 11.6. The number of hydrogen-bond donors (Lipinski definition) is 0. The predicted octanol–water partition coefficient (Wildman–Crippen LogP) is 4.95. The number of thioether (sulfide) groups is 1. The van der Waals surface area contributed by atoms with Crippen LogP contribution in [0.3, 0.4) is 0 Å². The van der Waals surface area contributed by atoms with Gasteiger partial charge in [0, 0.05) is 10.7 Å². The Morgan fingerprint density at radius 2 is 1.50 bits per heavy atom. The summed E-state index contributed by atoms with van der Waals surface area (Å²) in [6.07, 6.45) is 3.54. The summed E-state index contributed by atoms with van der Waals surface area (Å²) in [5, 5.41) is 0. The van der Waals surface area contributed by atoms with Crippen LogP contribution in [0.5, 0.6) is 0 Å². The van der Waals surface area contributed by atoms with E-state index in [0.717, 1.165) is 6.42 Å². The molecule has 1 aliphatic heterocycles. The molecular weight excluding hydrogens is 236 g/mol. The molecule has 0 bridgehead atoms. The van der Waals surface area contributed by atoms with Crippen molar-refractivity contribution in [2.45, 2.75) is 12.3 Å². The van der Waals surface area contributed by atoms with E-state index in [1.54, 1.807) is 0 Å². The molecule has 2 aromatic rings. The topological polar surface area (TPSA) is 0 Å². The smallest absolute Gasteiger partial charge is 0.0105 e. The molecule has 0 radical (unpaired) electrons. The van der Waals surface area contributed by atoms with Crippen molar-refractivity contribution < 1.29 is 0 Å². The molecule has 2 aromatic carbocycles. The highest BCUT2D eigenvalue weighted by Crippen LogP contribution is 2.38. The Labute approximate surface area is 113 Å². The SMILES string of the molecule is C1=C(c2ccccc2)SCC(c2ccccc2)C1. The van der Waals surface area contributed by atoms with Gasteiger partial charge in [-0.1, -0.05) is 66.7 Å². The molecule has 0 amide bonds. The minimum Gasteiger partial charge on any atom is -0.125 e. The Hall–Kier alpha value is -1.47. The van der Waals surface area contributed by atoms with Gasteiger partial charge in [0.25, 0.3) is 0 Å². The van der Waals surface area contributed by atoms with Crippen LogP contribution in [-0.2, 0) is 0 Å². The highest BCUT2D eigenvalue weighted by Gasteiger charge is 2.17. The van der Waals surface area contributed by atoms with E-state index in [1.807, 2.05) is 11.8 Å². The molecule has 90 valence electrons. The summed E-state index contributed by atoms with van der Waals surface area (Å²) in [4.78, 5) is 1.43. The average Bonchev–Trinajstić information content (AvgIpc) is 2.49. The number of rotatable bonds is 2.